The third-order valence-corrected chi connectivity index (χ3v) is 8.34. The third-order valence-electron chi connectivity index (χ3n) is 5.75. The summed E-state index contributed by atoms with van der Waals surface area (Å²) in [6.45, 7) is 4.14. The van der Waals surface area contributed by atoms with Gasteiger partial charge in [-0.15, -0.1) is 11.3 Å². The van der Waals surface area contributed by atoms with Crippen LogP contribution in [0, 0.1) is 11.2 Å². The number of ether oxygens (including phenoxy) is 1. The number of halogens is 6. The summed E-state index contributed by atoms with van der Waals surface area (Å²) in [4.78, 5) is 29.9. The largest absolute Gasteiger partial charge is 0.469 e. The number of rotatable bonds is 11. The molecule has 0 saturated carbocycles. The van der Waals surface area contributed by atoms with Gasteiger partial charge in [-0.3, -0.25) is 9.59 Å². The second-order valence-corrected chi connectivity index (χ2v) is 11.9. The normalized spacial score (nSPS) is 13.4. The zero-order valence-corrected chi connectivity index (χ0v) is 23.3. The molecule has 0 aliphatic rings. The maximum absolute atomic E-state index is 15.3. The van der Waals surface area contributed by atoms with Crippen molar-refractivity contribution in [2.75, 3.05) is 7.11 Å². The molecule has 0 spiro atoms. The number of carbonyl (C=O) groups is 2. The molecule has 1 unspecified atom stereocenters. The first-order valence-electron chi connectivity index (χ1n) is 11.5. The van der Waals surface area contributed by atoms with Crippen LogP contribution in [0.15, 0.2) is 21.6 Å². The molecular formula is C23H22F6N4O6S2. The summed E-state index contributed by atoms with van der Waals surface area (Å²) in [7, 11) is -4.04. The lowest BCUT2D eigenvalue weighted by Crippen LogP contribution is -2.45. The van der Waals surface area contributed by atoms with Gasteiger partial charge in [-0.25, -0.2) is 26.6 Å². The molecule has 0 aliphatic heterocycles. The molecule has 0 bridgehead atoms. The number of hydrogen-bond acceptors (Lipinski definition) is 10. The highest BCUT2D eigenvalue weighted by molar-refractivity contribution is 7.89. The molecule has 0 saturated heterocycles. The van der Waals surface area contributed by atoms with E-state index in [4.69, 9.17) is 9.26 Å². The number of nitrogens with one attached hydrogen (secondary N) is 1. The molecule has 0 radical (unpaired) electrons. The molecule has 1 N–H and O–H groups in total. The summed E-state index contributed by atoms with van der Waals surface area (Å²) in [5, 5.41) is 3.58. The van der Waals surface area contributed by atoms with E-state index < -0.39 is 74.0 Å². The fourth-order valence-electron chi connectivity index (χ4n) is 3.66. The Morgan fingerprint density at radius 3 is 2.41 bits per heavy atom. The maximum atomic E-state index is 15.3. The Kier molecular flexibility index (Phi) is 9.29. The predicted octanol–water partition coefficient (Wildman–Crippen LogP) is 5.11. The Balaban J connectivity index is 2.07. The van der Waals surface area contributed by atoms with Crippen molar-refractivity contribution < 1.29 is 53.6 Å². The Labute approximate surface area is 233 Å². The van der Waals surface area contributed by atoms with E-state index in [0.29, 0.717) is 17.4 Å². The molecule has 224 valence electrons. The van der Waals surface area contributed by atoms with Gasteiger partial charge in [0.15, 0.2) is 17.1 Å². The molecular weight excluding hydrogens is 606 g/mol. The van der Waals surface area contributed by atoms with Gasteiger partial charge in [0.25, 0.3) is 6.43 Å². The van der Waals surface area contributed by atoms with Crippen LogP contribution in [0.25, 0.3) is 21.3 Å². The molecule has 2 heterocycles. The van der Waals surface area contributed by atoms with Gasteiger partial charge in [-0.2, -0.15) is 22.9 Å². The van der Waals surface area contributed by atoms with E-state index in [-0.39, 0.29) is 34.3 Å². The highest BCUT2D eigenvalue weighted by atomic mass is 32.2. The molecule has 1 atom stereocenters. The van der Waals surface area contributed by atoms with Gasteiger partial charge in [0.05, 0.1) is 23.0 Å². The van der Waals surface area contributed by atoms with Crippen LogP contribution in [0.1, 0.15) is 55.6 Å². The summed E-state index contributed by atoms with van der Waals surface area (Å²) >= 11 is 0.571. The lowest BCUT2D eigenvalue weighted by molar-refractivity contribution is -0.152. The lowest BCUT2D eigenvalue weighted by atomic mass is 9.89. The van der Waals surface area contributed by atoms with Crippen LogP contribution in [0.3, 0.4) is 0 Å². The Morgan fingerprint density at radius 1 is 1.22 bits per heavy atom. The minimum absolute atomic E-state index is 0.0228. The SMILES string of the molecule is CCC(NS(=O)(=O)c1ccc(-c2sc(-c3noc(CC(C)(C)C(=O)OC)n3)nc2C=O)c(C(F)F)c1F)C(F)(F)F. The first-order chi connectivity index (χ1) is 19.0. The first-order valence-corrected chi connectivity index (χ1v) is 13.8. The number of nitrogens with zero attached hydrogens (tertiary/aromatic N) is 3. The lowest BCUT2D eigenvalue weighted by Gasteiger charge is -2.21. The van der Waals surface area contributed by atoms with Crippen molar-refractivity contribution in [3.05, 3.63) is 35.1 Å². The van der Waals surface area contributed by atoms with E-state index in [1.54, 1.807) is 13.8 Å². The van der Waals surface area contributed by atoms with Crippen LogP contribution in [0.4, 0.5) is 26.3 Å². The average Bonchev–Trinajstić information content (AvgIpc) is 3.52. The van der Waals surface area contributed by atoms with Crippen LogP contribution < -0.4 is 4.72 Å². The van der Waals surface area contributed by atoms with Crippen LogP contribution in [-0.2, 0) is 26.0 Å². The van der Waals surface area contributed by atoms with Crippen LogP contribution in [-0.4, -0.2) is 55.1 Å². The number of sulfonamides is 1. The summed E-state index contributed by atoms with van der Waals surface area (Å²) in [5.41, 5.74) is -3.61. The zero-order chi connectivity index (χ0) is 30.9. The quantitative estimate of drug-likeness (QED) is 0.174. The molecule has 0 amide bonds. The number of alkyl halides is 5. The smallest absolute Gasteiger partial charge is 0.404 e. The van der Waals surface area contributed by atoms with Gasteiger partial charge in [-0.05, 0) is 26.3 Å². The van der Waals surface area contributed by atoms with Crippen molar-refractivity contribution in [3.63, 3.8) is 0 Å². The van der Waals surface area contributed by atoms with Crippen molar-refractivity contribution >= 4 is 33.6 Å². The molecule has 1 aromatic carbocycles. The fraction of sp³-hybridized carbons (Fsp3) is 0.435. The summed E-state index contributed by atoms with van der Waals surface area (Å²) < 4.78 is 119. The Bertz CT molecular complexity index is 1550. The summed E-state index contributed by atoms with van der Waals surface area (Å²) in [5.74, 6) is -2.78. The first kappa shape index (κ1) is 32.1. The Hall–Kier alpha value is -3.38. The van der Waals surface area contributed by atoms with Crippen molar-refractivity contribution in [1.29, 1.82) is 0 Å². The molecule has 41 heavy (non-hydrogen) atoms. The summed E-state index contributed by atoms with van der Waals surface area (Å²) in [6.07, 6.45) is -9.29. The molecule has 3 rings (SSSR count). The Morgan fingerprint density at radius 2 is 1.88 bits per heavy atom. The van der Waals surface area contributed by atoms with E-state index in [1.807, 2.05) is 0 Å². The second kappa shape index (κ2) is 11.8. The number of benzene rings is 1. The van der Waals surface area contributed by atoms with Gasteiger partial charge in [0.2, 0.25) is 21.7 Å². The minimum atomic E-state index is -5.24. The topological polar surface area (TPSA) is 141 Å². The number of carbonyl (C=O) groups excluding carboxylic acids is 2. The monoisotopic (exact) mass is 628 g/mol. The van der Waals surface area contributed by atoms with Gasteiger partial charge in [-0.1, -0.05) is 18.1 Å². The highest BCUT2D eigenvalue weighted by Crippen LogP contribution is 2.41. The zero-order valence-electron chi connectivity index (χ0n) is 21.7. The molecule has 0 fully saturated rings. The third kappa shape index (κ3) is 6.75. The average molecular weight is 629 g/mol. The maximum Gasteiger partial charge on any atom is 0.404 e. The van der Waals surface area contributed by atoms with Crippen molar-refractivity contribution in [1.82, 2.24) is 19.8 Å². The molecule has 3 aromatic rings. The fourth-order valence-corrected chi connectivity index (χ4v) is 6.06. The van der Waals surface area contributed by atoms with Gasteiger partial charge in [0, 0.05) is 12.0 Å². The number of aromatic nitrogens is 3. The predicted molar refractivity (Wildman–Crippen MR) is 131 cm³/mol. The van der Waals surface area contributed by atoms with Crippen molar-refractivity contribution in [2.24, 2.45) is 5.41 Å². The van der Waals surface area contributed by atoms with Gasteiger partial charge in [0.1, 0.15) is 16.6 Å². The molecule has 10 nitrogen and oxygen atoms in total. The van der Waals surface area contributed by atoms with Crippen LogP contribution >= 0.6 is 11.3 Å². The standard InChI is InChI=1S/C23H22F6N4O6S2/c1-5-13(23(27,28)29)33-41(36,37)12-7-6-10(15(16(12)24)18(25)26)17-11(9-34)30-20(40-17)19-31-14(39-32-19)8-22(2,3)21(35)38-4/h6-7,9,13,18,33H,5,8H2,1-4H3. The number of thiazole rings is 1. The highest BCUT2D eigenvalue weighted by Gasteiger charge is 2.42. The number of hydrogen-bond donors (Lipinski definition) is 1. The second-order valence-electron chi connectivity index (χ2n) is 9.18. The van der Waals surface area contributed by atoms with Crippen LogP contribution in [0.5, 0.6) is 0 Å². The molecule has 18 heteroatoms. The van der Waals surface area contributed by atoms with E-state index in [1.165, 1.54) is 11.8 Å². The number of esters is 1. The van der Waals surface area contributed by atoms with Crippen molar-refractivity contribution in [3.8, 4) is 21.3 Å². The number of methoxy groups -OCH3 is 1. The summed E-state index contributed by atoms with van der Waals surface area (Å²) in [6, 6.07) is -1.35. The molecule has 0 aliphatic carbocycles. The van der Waals surface area contributed by atoms with E-state index >= 15 is 4.39 Å². The van der Waals surface area contributed by atoms with E-state index in [9.17, 15) is 40.0 Å². The molecule has 2 aromatic heterocycles. The van der Waals surface area contributed by atoms with Crippen LogP contribution in [0.2, 0.25) is 0 Å². The van der Waals surface area contributed by atoms with Crippen molar-refractivity contribution in [2.45, 2.75) is 57.2 Å². The van der Waals surface area contributed by atoms with E-state index in [0.717, 1.165) is 13.0 Å². The van der Waals surface area contributed by atoms with E-state index in [2.05, 4.69) is 15.1 Å². The minimum Gasteiger partial charge on any atom is -0.469 e. The van der Waals surface area contributed by atoms with Gasteiger partial charge >= 0.3 is 12.1 Å². The number of aldehydes is 1. The van der Waals surface area contributed by atoms with Gasteiger partial charge < -0.3 is 9.26 Å².